The zero-order valence-electron chi connectivity index (χ0n) is 17.6. The smallest absolute Gasteiger partial charge is 0.410 e. The molecule has 0 aliphatic carbocycles. The Balaban J connectivity index is 0.00000364. The Morgan fingerprint density at radius 1 is 1.15 bits per heavy atom. The van der Waals surface area contributed by atoms with Gasteiger partial charge in [0.2, 0.25) is 0 Å². The van der Waals surface area contributed by atoms with E-state index in [0.29, 0.717) is 44.2 Å². The van der Waals surface area contributed by atoms with E-state index < -0.39 is 5.60 Å². The van der Waals surface area contributed by atoms with Gasteiger partial charge in [0.1, 0.15) is 5.60 Å². The van der Waals surface area contributed by atoms with Crippen LogP contribution < -0.4 is 5.73 Å². The Morgan fingerprint density at radius 2 is 1.74 bits per heavy atom. The number of hydrogen-bond donors (Lipinski definition) is 1. The predicted octanol–water partition coefficient (Wildman–Crippen LogP) is 2.73. The number of carbonyl (C=O) groups is 1. The van der Waals surface area contributed by atoms with Crippen molar-refractivity contribution in [3.63, 3.8) is 0 Å². The molecule has 0 aromatic carbocycles. The van der Waals surface area contributed by atoms with Crippen LogP contribution >= 0.6 is 24.0 Å². The molecule has 2 aliphatic heterocycles. The molecule has 27 heavy (non-hydrogen) atoms. The number of amides is 1. The molecule has 0 radical (unpaired) electrons. The SMILES string of the molecule is CC1CCCCN1C(C)CN=C(N)N1CCN(C(=O)OC(C)(C)C)CC1.I. The van der Waals surface area contributed by atoms with Crippen LogP contribution in [0.4, 0.5) is 4.79 Å². The fourth-order valence-corrected chi connectivity index (χ4v) is 3.65. The number of nitrogens with two attached hydrogens (primary N) is 1. The molecule has 158 valence electrons. The summed E-state index contributed by atoms with van der Waals surface area (Å²) in [6.07, 6.45) is 3.63. The van der Waals surface area contributed by atoms with Gasteiger partial charge in [0.15, 0.2) is 5.96 Å². The molecule has 8 heteroatoms. The summed E-state index contributed by atoms with van der Waals surface area (Å²) in [5, 5.41) is 0. The Bertz CT molecular complexity index is 501. The topological polar surface area (TPSA) is 74.4 Å². The fourth-order valence-electron chi connectivity index (χ4n) is 3.65. The Kier molecular flexibility index (Phi) is 9.61. The lowest BCUT2D eigenvalue weighted by atomic mass is 10.0. The summed E-state index contributed by atoms with van der Waals surface area (Å²) in [6, 6.07) is 1.04. The third-order valence-corrected chi connectivity index (χ3v) is 5.19. The second kappa shape index (κ2) is 10.7. The van der Waals surface area contributed by atoms with Crippen LogP contribution in [0, 0.1) is 0 Å². The summed E-state index contributed by atoms with van der Waals surface area (Å²) in [6.45, 7) is 14.7. The molecule has 2 rings (SSSR count). The first-order valence-electron chi connectivity index (χ1n) is 9.96. The summed E-state index contributed by atoms with van der Waals surface area (Å²) in [5.74, 6) is 0.588. The van der Waals surface area contributed by atoms with E-state index in [4.69, 9.17) is 10.5 Å². The number of halogens is 1. The zero-order chi connectivity index (χ0) is 19.3. The number of hydrogen-bond acceptors (Lipinski definition) is 4. The lowest BCUT2D eigenvalue weighted by Crippen LogP contribution is -2.53. The van der Waals surface area contributed by atoms with E-state index in [-0.39, 0.29) is 30.1 Å². The molecule has 0 saturated carbocycles. The monoisotopic (exact) mass is 495 g/mol. The van der Waals surface area contributed by atoms with E-state index in [0.717, 1.165) is 13.1 Å². The number of piperidine rings is 1. The third-order valence-electron chi connectivity index (χ3n) is 5.19. The van der Waals surface area contributed by atoms with E-state index in [1.165, 1.54) is 19.3 Å². The van der Waals surface area contributed by atoms with Gasteiger partial charge < -0.3 is 20.3 Å². The van der Waals surface area contributed by atoms with Crippen LogP contribution in [0.5, 0.6) is 0 Å². The van der Waals surface area contributed by atoms with Crippen molar-refractivity contribution in [1.82, 2.24) is 14.7 Å². The molecule has 2 atom stereocenters. The van der Waals surface area contributed by atoms with Crippen molar-refractivity contribution in [3.8, 4) is 0 Å². The van der Waals surface area contributed by atoms with Crippen LogP contribution in [0.15, 0.2) is 4.99 Å². The molecule has 2 fully saturated rings. The van der Waals surface area contributed by atoms with Crippen molar-refractivity contribution in [3.05, 3.63) is 0 Å². The van der Waals surface area contributed by atoms with Gasteiger partial charge in [0, 0.05) is 38.3 Å². The van der Waals surface area contributed by atoms with E-state index in [1.807, 2.05) is 20.8 Å². The Morgan fingerprint density at radius 3 is 2.30 bits per heavy atom. The van der Waals surface area contributed by atoms with Crippen LogP contribution in [-0.2, 0) is 4.74 Å². The number of rotatable bonds is 3. The maximum Gasteiger partial charge on any atom is 0.410 e. The average Bonchev–Trinajstić information content (AvgIpc) is 2.58. The quantitative estimate of drug-likeness (QED) is 0.370. The van der Waals surface area contributed by atoms with Gasteiger partial charge in [0.05, 0.1) is 6.54 Å². The number of nitrogens with zero attached hydrogens (tertiary/aromatic N) is 4. The summed E-state index contributed by atoms with van der Waals surface area (Å²) in [4.78, 5) is 23.1. The van der Waals surface area contributed by atoms with Gasteiger partial charge in [-0.25, -0.2) is 4.79 Å². The van der Waals surface area contributed by atoms with Crippen molar-refractivity contribution in [1.29, 1.82) is 0 Å². The highest BCUT2D eigenvalue weighted by molar-refractivity contribution is 14.0. The normalized spacial score (nSPS) is 23.6. The van der Waals surface area contributed by atoms with Gasteiger partial charge in [-0.05, 0) is 54.0 Å². The van der Waals surface area contributed by atoms with Crippen LogP contribution in [0.25, 0.3) is 0 Å². The maximum absolute atomic E-state index is 12.1. The molecule has 0 aromatic rings. The largest absolute Gasteiger partial charge is 0.444 e. The van der Waals surface area contributed by atoms with Crippen LogP contribution in [0.1, 0.15) is 53.9 Å². The predicted molar refractivity (Wildman–Crippen MR) is 121 cm³/mol. The first-order chi connectivity index (χ1) is 12.2. The van der Waals surface area contributed by atoms with E-state index >= 15 is 0 Å². The number of likely N-dealkylation sites (tertiary alicyclic amines) is 1. The molecule has 2 unspecified atom stereocenters. The fraction of sp³-hybridized carbons (Fsp3) is 0.895. The summed E-state index contributed by atoms with van der Waals surface area (Å²) in [7, 11) is 0. The molecule has 7 nitrogen and oxygen atoms in total. The Hall–Kier alpha value is -0.770. The van der Waals surface area contributed by atoms with Gasteiger partial charge in [-0.1, -0.05) is 6.42 Å². The number of guanidine groups is 1. The Labute approximate surface area is 181 Å². The molecule has 0 bridgehead atoms. The second-order valence-electron chi connectivity index (χ2n) is 8.58. The lowest BCUT2D eigenvalue weighted by molar-refractivity contribution is 0.0186. The van der Waals surface area contributed by atoms with Gasteiger partial charge in [-0.3, -0.25) is 9.89 Å². The molecule has 2 heterocycles. The number of ether oxygens (including phenoxy) is 1. The third kappa shape index (κ3) is 7.63. The number of carbonyl (C=O) groups excluding carboxylic acids is 1. The standard InChI is InChI=1S/C19H37N5O2.HI/c1-15-8-6-7-9-24(15)16(2)14-21-17(20)22-10-12-23(13-11-22)18(25)26-19(3,4)5;/h15-16H,6-14H2,1-5H3,(H2,20,21);1H. The second-order valence-corrected chi connectivity index (χ2v) is 8.58. The minimum absolute atomic E-state index is 0. The van der Waals surface area contributed by atoms with Crippen LogP contribution in [-0.4, -0.2) is 83.7 Å². The van der Waals surface area contributed by atoms with Crippen molar-refractivity contribution in [2.45, 2.75) is 71.6 Å². The van der Waals surface area contributed by atoms with Gasteiger partial charge >= 0.3 is 6.09 Å². The molecule has 2 aliphatic rings. The van der Waals surface area contributed by atoms with E-state index in [1.54, 1.807) is 4.90 Å². The molecular formula is C19H38IN5O2. The van der Waals surface area contributed by atoms with Crippen molar-refractivity contribution < 1.29 is 9.53 Å². The highest BCUT2D eigenvalue weighted by atomic mass is 127. The molecular weight excluding hydrogens is 457 g/mol. The summed E-state index contributed by atoms with van der Waals surface area (Å²) >= 11 is 0. The minimum atomic E-state index is -0.462. The zero-order valence-corrected chi connectivity index (χ0v) is 19.9. The lowest BCUT2D eigenvalue weighted by Gasteiger charge is -2.38. The first-order valence-corrected chi connectivity index (χ1v) is 9.96. The van der Waals surface area contributed by atoms with Crippen molar-refractivity contribution in [2.24, 2.45) is 10.7 Å². The molecule has 0 spiro atoms. The van der Waals surface area contributed by atoms with Gasteiger partial charge in [0.25, 0.3) is 0 Å². The van der Waals surface area contributed by atoms with Gasteiger partial charge in [-0.15, -0.1) is 24.0 Å². The highest BCUT2D eigenvalue weighted by Crippen LogP contribution is 2.19. The van der Waals surface area contributed by atoms with Crippen molar-refractivity contribution in [2.75, 3.05) is 39.3 Å². The van der Waals surface area contributed by atoms with Crippen LogP contribution in [0.2, 0.25) is 0 Å². The molecule has 2 saturated heterocycles. The molecule has 1 amide bonds. The van der Waals surface area contributed by atoms with Crippen LogP contribution in [0.3, 0.4) is 0 Å². The minimum Gasteiger partial charge on any atom is -0.444 e. The summed E-state index contributed by atoms with van der Waals surface area (Å²) < 4.78 is 5.43. The average molecular weight is 495 g/mol. The van der Waals surface area contributed by atoms with E-state index in [2.05, 4.69) is 28.6 Å². The number of aliphatic imine (C=N–C) groups is 1. The highest BCUT2D eigenvalue weighted by Gasteiger charge is 2.27. The van der Waals surface area contributed by atoms with Gasteiger partial charge in [-0.2, -0.15) is 0 Å². The summed E-state index contributed by atoms with van der Waals surface area (Å²) in [5.41, 5.74) is 5.75. The van der Waals surface area contributed by atoms with E-state index in [9.17, 15) is 4.79 Å². The number of piperazine rings is 1. The molecule has 2 N–H and O–H groups in total. The van der Waals surface area contributed by atoms with Crippen molar-refractivity contribution >= 4 is 36.0 Å². The first kappa shape index (κ1) is 24.3. The molecule has 0 aromatic heterocycles. The maximum atomic E-state index is 12.1.